The van der Waals surface area contributed by atoms with E-state index in [1.165, 1.54) is 12.6 Å². The highest BCUT2D eigenvalue weighted by molar-refractivity contribution is 5.04. The minimum Gasteiger partial charge on any atom is -0.333 e. The fraction of sp³-hybridized carbons (Fsp3) is 0.636. The van der Waals surface area contributed by atoms with Gasteiger partial charge in [-0.15, -0.1) is 0 Å². The first-order valence-electron chi connectivity index (χ1n) is 4.61. The maximum absolute atomic E-state index is 4.50. The predicted octanol–water partition coefficient (Wildman–Crippen LogP) is 3.77. The third-order valence-corrected chi connectivity index (χ3v) is 0.451. The Morgan fingerprint density at radius 2 is 1.25 bits per heavy atom. The van der Waals surface area contributed by atoms with Gasteiger partial charge >= 0.3 is 0 Å². The quantitative estimate of drug-likeness (QED) is 0.600. The molecular weight excluding hydrogens is 146 g/mol. The van der Waals surface area contributed by atoms with E-state index in [9.17, 15) is 0 Å². The van der Waals surface area contributed by atoms with Gasteiger partial charge in [-0.25, -0.2) is 0 Å². The van der Waals surface area contributed by atoms with E-state index < -0.39 is 0 Å². The smallest absolute Gasteiger partial charge is 0.0195 e. The molecule has 76 valence electrons. The van der Waals surface area contributed by atoms with Gasteiger partial charge in [-0.05, 0) is 20.9 Å². The van der Waals surface area contributed by atoms with Crippen LogP contribution in [0.4, 0.5) is 0 Å². The Morgan fingerprint density at radius 1 is 1.00 bits per heavy atom. The number of nitrogens with two attached hydrogens (primary N) is 1. The van der Waals surface area contributed by atoms with Crippen LogP contribution in [0.1, 0.15) is 41.5 Å². The van der Waals surface area contributed by atoms with Gasteiger partial charge in [-0.3, -0.25) is 0 Å². The molecular formula is C11H27N. The molecule has 0 spiro atoms. The van der Waals surface area contributed by atoms with Gasteiger partial charge in [0, 0.05) is 0 Å². The highest BCUT2D eigenvalue weighted by Gasteiger charge is 1.63. The van der Waals surface area contributed by atoms with Crippen LogP contribution in [0.2, 0.25) is 0 Å². The van der Waals surface area contributed by atoms with Gasteiger partial charge in [0.05, 0.1) is 0 Å². The fourth-order valence-corrected chi connectivity index (χ4v) is 0.236. The van der Waals surface area contributed by atoms with Crippen LogP contribution < -0.4 is 5.73 Å². The van der Waals surface area contributed by atoms with Crippen LogP contribution in [0.15, 0.2) is 24.3 Å². The molecule has 0 aromatic rings. The SMILES string of the molecule is C=CC=C(C)C.CC.CC.CN. The van der Waals surface area contributed by atoms with Gasteiger partial charge in [0.1, 0.15) is 0 Å². The lowest BCUT2D eigenvalue weighted by Gasteiger charge is -1.76. The first kappa shape index (κ1) is 22.5. The maximum atomic E-state index is 4.50. The van der Waals surface area contributed by atoms with Crippen LogP contribution in [0.5, 0.6) is 0 Å². The van der Waals surface area contributed by atoms with Crippen molar-refractivity contribution in [2.75, 3.05) is 7.05 Å². The largest absolute Gasteiger partial charge is 0.333 e. The van der Waals surface area contributed by atoms with Gasteiger partial charge < -0.3 is 5.73 Å². The number of allylic oxidation sites excluding steroid dienone is 3. The first-order chi connectivity index (χ1) is 5.77. The Morgan fingerprint density at radius 3 is 1.25 bits per heavy atom. The van der Waals surface area contributed by atoms with Crippen molar-refractivity contribution in [3.63, 3.8) is 0 Å². The lowest BCUT2D eigenvalue weighted by molar-refractivity contribution is 1.40. The zero-order valence-electron chi connectivity index (χ0n) is 9.94. The van der Waals surface area contributed by atoms with Gasteiger partial charge in [0.25, 0.3) is 0 Å². The lowest BCUT2D eigenvalue weighted by Crippen LogP contribution is -1.69. The van der Waals surface area contributed by atoms with E-state index in [4.69, 9.17) is 0 Å². The van der Waals surface area contributed by atoms with E-state index in [0.717, 1.165) is 0 Å². The highest BCUT2D eigenvalue weighted by Crippen LogP contribution is 1.85. The molecule has 0 aliphatic carbocycles. The van der Waals surface area contributed by atoms with Crippen LogP contribution in [0.3, 0.4) is 0 Å². The van der Waals surface area contributed by atoms with E-state index >= 15 is 0 Å². The molecule has 0 heterocycles. The molecule has 0 atom stereocenters. The Hall–Kier alpha value is -0.560. The summed E-state index contributed by atoms with van der Waals surface area (Å²) < 4.78 is 0. The second kappa shape index (κ2) is 47.2. The van der Waals surface area contributed by atoms with Crippen molar-refractivity contribution < 1.29 is 0 Å². The Labute approximate surface area is 79.4 Å². The van der Waals surface area contributed by atoms with E-state index in [2.05, 4.69) is 12.3 Å². The summed E-state index contributed by atoms with van der Waals surface area (Å²) in [7, 11) is 1.50. The standard InChI is InChI=1S/C6H10.2C2H6.CH5N/c1-4-5-6(2)3;3*1-2/h4-5H,1H2,2-3H3;2*1-2H3;2H2,1H3. The van der Waals surface area contributed by atoms with Crippen molar-refractivity contribution in [2.24, 2.45) is 5.73 Å². The molecule has 0 aliphatic rings. The molecule has 0 bridgehead atoms. The first-order valence-corrected chi connectivity index (χ1v) is 4.61. The van der Waals surface area contributed by atoms with Crippen LogP contribution in [0, 0.1) is 0 Å². The molecule has 12 heavy (non-hydrogen) atoms. The zero-order chi connectivity index (χ0) is 11.0. The fourth-order valence-electron chi connectivity index (χ4n) is 0.236. The lowest BCUT2D eigenvalue weighted by atomic mass is 10.3. The second-order valence-electron chi connectivity index (χ2n) is 1.48. The summed E-state index contributed by atoms with van der Waals surface area (Å²) in [5.74, 6) is 0. The third kappa shape index (κ3) is 113. The van der Waals surface area contributed by atoms with Gasteiger partial charge in [0.15, 0.2) is 0 Å². The van der Waals surface area contributed by atoms with Crippen LogP contribution in [-0.2, 0) is 0 Å². The van der Waals surface area contributed by atoms with Crippen molar-refractivity contribution in [2.45, 2.75) is 41.5 Å². The van der Waals surface area contributed by atoms with Gasteiger partial charge in [-0.2, -0.15) is 0 Å². The molecule has 0 rings (SSSR count). The Balaban J connectivity index is -0.0000000453. The third-order valence-electron chi connectivity index (χ3n) is 0.451. The highest BCUT2D eigenvalue weighted by atomic mass is 14.4. The minimum atomic E-state index is 1.30. The molecule has 0 fully saturated rings. The van der Waals surface area contributed by atoms with E-state index in [1.807, 2.05) is 47.6 Å². The summed E-state index contributed by atoms with van der Waals surface area (Å²) in [5.41, 5.74) is 5.80. The molecule has 0 aliphatic heterocycles. The van der Waals surface area contributed by atoms with Crippen molar-refractivity contribution in [3.05, 3.63) is 24.3 Å². The molecule has 0 aromatic heterocycles. The van der Waals surface area contributed by atoms with Gasteiger partial charge in [-0.1, -0.05) is 52.0 Å². The summed E-state index contributed by atoms with van der Waals surface area (Å²) in [6.45, 7) is 15.6. The summed E-state index contributed by atoms with van der Waals surface area (Å²) in [4.78, 5) is 0. The molecule has 0 saturated heterocycles. The van der Waals surface area contributed by atoms with E-state index in [-0.39, 0.29) is 0 Å². The average Bonchev–Trinajstić information content (AvgIpc) is 2.14. The van der Waals surface area contributed by atoms with Gasteiger partial charge in [0.2, 0.25) is 0 Å². The number of rotatable bonds is 1. The topological polar surface area (TPSA) is 26.0 Å². The molecule has 2 N–H and O–H groups in total. The number of hydrogen-bond donors (Lipinski definition) is 1. The van der Waals surface area contributed by atoms with Crippen molar-refractivity contribution in [1.29, 1.82) is 0 Å². The van der Waals surface area contributed by atoms with E-state index in [1.54, 1.807) is 6.08 Å². The minimum absolute atomic E-state index is 1.30. The molecule has 1 heteroatoms. The second-order valence-corrected chi connectivity index (χ2v) is 1.48. The van der Waals surface area contributed by atoms with Crippen LogP contribution >= 0.6 is 0 Å². The van der Waals surface area contributed by atoms with Crippen molar-refractivity contribution >= 4 is 0 Å². The summed E-state index contributed by atoms with van der Waals surface area (Å²) in [6.07, 6.45) is 3.76. The van der Waals surface area contributed by atoms with Crippen molar-refractivity contribution in [1.82, 2.24) is 0 Å². The van der Waals surface area contributed by atoms with Crippen LogP contribution in [-0.4, -0.2) is 7.05 Å². The molecule has 0 saturated carbocycles. The molecule has 0 aromatic carbocycles. The summed E-state index contributed by atoms with van der Waals surface area (Å²) in [5, 5.41) is 0. The van der Waals surface area contributed by atoms with Crippen molar-refractivity contribution in [3.8, 4) is 0 Å². The monoisotopic (exact) mass is 173 g/mol. The summed E-state index contributed by atoms with van der Waals surface area (Å²) >= 11 is 0. The maximum Gasteiger partial charge on any atom is -0.0195 e. The molecule has 0 radical (unpaired) electrons. The normalized spacial score (nSPS) is 5.00. The molecule has 0 unspecified atom stereocenters. The molecule has 0 amide bonds. The predicted molar refractivity (Wildman–Crippen MR) is 62.4 cm³/mol. The zero-order valence-corrected chi connectivity index (χ0v) is 9.94. The average molecular weight is 173 g/mol. The summed E-state index contributed by atoms with van der Waals surface area (Å²) in [6, 6.07) is 0. The van der Waals surface area contributed by atoms with E-state index in [0.29, 0.717) is 0 Å². The van der Waals surface area contributed by atoms with Crippen LogP contribution in [0.25, 0.3) is 0 Å². The Bertz CT molecular complexity index is 69.1. The molecule has 1 nitrogen and oxygen atoms in total. The Kier molecular flexibility index (Phi) is 88.6. The number of hydrogen-bond acceptors (Lipinski definition) is 1.